The second-order valence-electron chi connectivity index (χ2n) is 7.47. The molecule has 0 unspecified atom stereocenters. The Morgan fingerprint density at radius 1 is 0.938 bits per heavy atom. The van der Waals surface area contributed by atoms with Gasteiger partial charge >= 0.3 is 6.03 Å². The van der Waals surface area contributed by atoms with Gasteiger partial charge in [0.1, 0.15) is 0 Å². The van der Waals surface area contributed by atoms with E-state index in [9.17, 15) is 4.79 Å². The van der Waals surface area contributed by atoms with Crippen molar-refractivity contribution >= 4 is 34.4 Å². The van der Waals surface area contributed by atoms with Crippen molar-refractivity contribution in [1.29, 1.82) is 0 Å². The molecule has 2 N–H and O–H groups in total. The van der Waals surface area contributed by atoms with Crippen molar-refractivity contribution in [2.45, 2.75) is 13.8 Å². The summed E-state index contributed by atoms with van der Waals surface area (Å²) in [7, 11) is 0. The van der Waals surface area contributed by atoms with Crippen LogP contribution in [0.4, 0.5) is 16.2 Å². The lowest BCUT2D eigenvalue weighted by Gasteiger charge is -2.11. The molecule has 32 heavy (non-hydrogen) atoms. The van der Waals surface area contributed by atoms with E-state index in [0.717, 1.165) is 32.9 Å². The molecule has 2 aromatic carbocycles. The van der Waals surface area contributed by atoms with Crippen LogP contribution in [0.2, 0.25) is 0 Å². The molecule has 0 spiro atoms. The number of fused-ring (bicyclic) bond motifs is 1. The highest BCUT2D eigenvalue weighted by atomic mass is 32.1. The third kappa shape index (κ3) is 3.95. The molecule has 5 aromatic rings. The first-order valence-corrected chi connectivity index (χ1v) is 11.0. The second kappa shape index (κ2) is 8.24. The molecular formula is C24H20N6OS. The Balaban J connectivity index is 1.40. The number of aromatic nitrogens is 4. The number of nitrogens with zero attached hydrogens (tertiary/aromatic N) is 4. The van der Waals surface area contributed by atoms with Crippen molar-refractivity contribution in [1.82, 2.24) is 19.8 Å². The van der Waals surface area contributed by atoms with Crippen LogP contribution in [-0.2, 0) is 0 Å². The average molecular weight is 441 g/mol. The van der Waals surface area contributed by atoms with Crippen molar-refractivity contribution in [3.63, 3.8) is 0 Å². The van der Waals surface area contributed by atoms with Gasteiger partial charge in [0, 0.05) is 16.9 Å². The largest absolute Gasteiger partial charge is 0.323 e. The average Bonchev–Trinajstić information content (AvgIpc) is 3.45. The number of aryl methyl sites for hydroxylation is 2. The normalized spacial score (nSPS) is 10.9. The van der Waals surface area contributed by atoms with Crippen LogP contribution in [0.5, 0.6) is 0 Å². The molecule has 0 bridgehead atoms. The number of benzene rings is 2. The summed E-state index contributed by atoms with van der Waals surface area (Å²) in [5, 5.41) is 21.1. The number of carbonyl (C=O) groups excluding carboxylic acids is 1. The number of hydrogen-bond donors (Lipinski definition) is 2. The monoisotopic (exact) mass is 440 g/mol. The van der Waals surface area contributed by atoms with E-state index in [4.69, 9.17) is 5.10 Å². The number of rotatable bonds is 4. The van der Waals surface area contributed by atoms with Crippen LogP contribution in [0.3, 0.4) is 0 Å². The Morgan fingerprint density at radius 2 is 1.84 bits per heavy atom. The summed E-state index contributed by atoms with van der Waals surface area (Å²) < 4.78 is 1.74. The van der Waals surface area contributed by atoms with Gasteiger partial charge < -0.3 is 10.6 Å². The van der Waals surface area contributed by atoms with Crippen molar-refractivity contribution in [3.8, 4) is 22.0 Å². The molecule has 3 heterocycles. The highest BCUT2D eigenvalue weighted by molar-refractivity contribution is 7.13. The van der Waals surface area contributed by atoms with Crippen LogP contribution in [-0.4, -0.2) is 25.8 Å². The third-order valence-electron chi connectivity index (χ3n) is 5.06. The number of carbonyl (C=O) groups is 1. The maximum atomic E-state index is 12.6. The zero-order valence-corrected chi connectivity index (χ0v) is 18.4. The van der Waals surface area contributed by atoms with Crippen LogP contribution in [0.1, 0.15) is 11.1 Å². The fourth-order valence-corrected chi connectivity index (χ4v) is 4.11. The van der Waals surface area contributed by atoms with Crippen LogP contribution in [0.25, 0.3) is 27.6 Å². The standard InChI is InChI=1S/C24H20N6OS/c1-15-8-9-16(2)20(13-15)26-24(31)25-18-6-3-5-17(14-18)19-10-11-22-27-28-23(30(22)29-19)21-7-4-12-32-21/h3-14H,1-2H3,(H2,25,26,31). The SMILES string of the molecule is Cc1ccc(C)c(NC(=O)Nc2cccc(-c3ccc4nnc(-c5cccs5)n4n3)c2)c1. The molecule has 3 aromatic heterocycles. The molecule has 0 saturated heterocycles. The molecule has 0 fully saturated rings. The highest BCUT2D eigenvalue weighted by Crippen LogP contribution is 2.26. The molecule has 0 atom stereocenters. The summed E-state index contributed by atoms with van der Waals surface area (Å²) in [5.74, 6) is 0.707. The number of hydrogen-bond acceptors (Lipinski definition) is 5. The summed E-state index contributed by atoms with van der Waals surface area (Å²) >= 11 is 1.59. The Kier molecular flexibility index (Phi) is 5.12. The molecule has 8 heteroatoms. The van der Waals surface area contributed by atoms with E-state index in [1.165, 1.54) is 0 Å². The maximum Gasteiger partial charge on any atom is 0.323 e. The summed E-state index contributed by atoms with van der Waals surface area (Å²) in [6.45, 7) is 3.96. The summed E-state index contributed by atoms with van der Waals surface area (Å²) in [5.41, 5.74) is 5.88. The van der Waals surface area contributed by atoms with E-state index in [-0.39, 0.29) is 6.03 Å². The van der Waals surface area contributed by atoms with Gasteiger partial charge in [-0.1, -0.05) is 30.3 Å². The molecule has 158 valence electrons. The molecule has 2 amide bonds. The van der Waals surface area contributed by atoms with E-state index in [0.29, 0.717) is 17.2 Å². The zero-order valence-electron chi connectivity index (χ0n) is 17.5. The Labute approximate surface area is 188 Å². The van der Waals surface area contributed by atoms with Gasteiger partial charge in [-0.05, 0) is 66.8 Å². The van der Waals surface area contributed by atoms with Gasteiger partial charge in [0.2, 0.25) is 0 Å². The molecule has 0 aliphatic carbocycles. The lowest BCUT2D eigenvalue weighted by Crippen LogP contribution is -2.20. The predicted octanol–water partition coefficient (Wildman–Crippen LogP) is 5.78. The second-order valence-corrected chi connectivity index (χ2v) is 8.42. The first kappa shape index (κ1) is 19.9. The van der Waals surface area contributed by atoms with E-state index < -0.39 is 0 Å². The number of nitrogens with one attached hydrogen (secondary N) is 2. The number of anilines is 2. The Bertz CT molecular complexity index is 1420. The molecule has 0 radical (unpaired) electrons. The van der Waals surface area contributed by atoms with E-state index in [2.05, 4.69) is 20.8 Å². The van der Waals surface area contributed by atoms with E-state index in [1.54, 1.807) is 15.9 Å². The minimum absolute atomic E-state index is 0.293. The molecule has 0 aliphatic heterocycles. The first-order chi connectivity index (χ1) is 15.6. The van der Waals surface area contributed by atoms with Crippen molar-refractivity contribution in [2.75, 3.05) is 10.6 Å². The van der Waals surface area contributed by atoms with Crippen LogP contribution < -0.4 is 10.6 Å². The Morgan fingerprint density at radius 3 is 2.69 bits per heavy atom. The smallest absolute Gasteiger partial charge is 0.308 e. The molecular weight excluding hydrogens is 420 g/mol. The van der Waals surface area contributed by atoms with Gasteiger partial charge in [0.15, 0.2) is 11.5 Å². The topological polar surface area (TPSA) is 84.2 Å². The summed E-state index contributed by atoms with van der Waals surface area (Å²) in [6, 6.07) is 21.0. The minimum Gasteiger partial charge on any atom is -0.308 e. The molecule has 0 aliphatic rings. The first-order valence-electron chi connectivity index (χ1n) is 10.1. The summed E-state index contributed by atoms with van der Waals surface area (Å²) in [6.07, 6.45) is 0. The van der Waals surface area contributed by atoms with Gasteiger partial charge in [-0.15, -0.1) is 21.5 Å². The zero-order chi connectivity index (χ0) is 22.1. The number of thiophene rings is 1. The van der Waals surface area contributed by atoms with E-state index in [1.807, 2.05) is 86.0 Å². The quantitative estimate of drug-likeness (QED) is 0.371. The highest BCUT2D eigenvalue weighted by Gasteiger charge is 2.12. The van der Waals surface area contributed by atoms with Crippen LogP contribution in [0, 0.1) is 13.8 Å². The predicted molar refractivity (Wildman–Crippen MR) is 128 cm³/mol. The van der Waals surface area contributed by atoms with Crippen molar-refractivity contribution in [3.05, 3.63) is 83.2 Å². The van der Waals surface area contributed by atoms with Crippen molar-refractivity contribution < 1.29 is 4.79 Å². The Hall–Kier alpha value is -4.04. The number of amides is 2. The van der Waals surface area contributed by atoms with Gasteiger partial charge in [0.05, 0.1) is 10.6 Å². The fraction of sp³-hybridized carbons (Fsp3) is 0.0833. The summed E-state index contributed by atoms with van der Waals surface area (Å²) in [4.78, 5) is 13.6. The maximum absolute atomic E-state index is 12.6. The van der Waals surface area contributed by atoms with Gasteiger partial charge in [-0.3, -0.25) is 0 Å². The van der Waals surface area contributed by atoms with Crippen LogP contribution in [0.15, 0.2) is 72.1 Å². The van der Waals surface area contributed by atoms with Gasteiger partial charge in [-0.2, -0.15) is 9.61 Å². The fourth-order valence-electron chi connectivity index (χ4n) is 3.41. The van der Waals surface area contributed by atoms with Gasteiger partial charge in [-0.25, -0.2) is 4.79 Å². The van der Waals surface area contributed by atoms with Crippen molar-refractivity contribution in [2.24, 2.45) is 0 Å². The lowest BCUT2D eigenvalue weighted by atomic mass is 10.1. The minimum atomic E-state index is -0.293. The third-order valence-corrected chi connectivity index (χ3v) is 5.93. The molecule has 7 nitrogen and oxygen atoms in total. The number of urea groups is 1. The van der Waals surface area contributed by atoms with E-state index >= 15 is 0 Å². The molecule has 0 saturated carbocycles. The lowest BCUT2D eigenvalue weighted by molar-refractivity contribution is 0.262. The van der Waals surface area contributed by atoms with Gasteiger partial charge in [0.25, 0.3) is 0 Å². The van der Waals surface area contributed by atoms with Crippen LogP contribution >= 0.6 is 11.3 Å². The molecule has 5 rings (SSSR count).